The monoisotopic (exact) mass is 499 g/mol. The van der Waals surface area contributed by atoms with Crippen molar-refractivity contribution in [1.82, 2.24) is 19.1 Å². The van der Waals surface area contributed by atoms with Crippen LogP contribution in [0.5, 0.6) is 0 Å². The van der Waals surface area contributed by atoms with E-state index in [-0.39, 0.29) is 17.0 Å². The molecule has 1 fully saturated rings. The van der Waals surface area contributed by atoms with E-state index < -0.39 is 15.9 Å². The van der Waals surface area contributed by atoms with Gasteiger partial charge in [-0.25, -0.2) is 12.7 Å². The van der Waals surface area contributed by atoms with Crippen molar-refractivity contribution < 1.29 is 17.9 Å². The summed E-state index contributed by atoms with van der Waals surface area (Å²) in [5, 5.41) is 9.53. The fourth-order valence-corrected chi connectivity index (χ4v) is 6.69. The van der Waals surface area contributed by atoms with Crippen molar-refractivity contribution in [2.45, 2.75) is 23.4 Å². The Bertz CT molecular complexity index is 1320. The molecule has 0 atom stereocenters. The molecule has 1 saturated heterocycles. The van der Waals surface area contributed by atoms with Crippen LogP contribution in [0.3, 0.4) is 0 Å². The molecule has 0 N–H and O–H groups in total. The number of carbonyl (C=O) groups is 1. The van der Waals surface area contributed by atoms with Gasteiger partial charge in [0, 0.05) is 25.4 Å². The van der Waals surface area contributed by atoms with E-state index in [1.807, 2.05) is 16.7 Å². The third-order valence-corrected chi connectivity index (χ3v) is 8.67. The predicted octanol–water partition coefficient (Wildman–Crippen LogP) is 2.60. The average Bonchev–Trinajstić information content (AvgIpc) is 3.38. The number of nitrogens with zero attached hydrogens (tertiary/aromatic N) is 5. The van der Waals surface area contributed by atoms with Crippen molar-refractivity contribution in [3.63, 3.8) is 0 Å². The lowest BCUT2D eigenvalue weighted by Crippen LogP contribution is -2.37. The maximum atomic E-state index is 12.9. The van der Waals surface area contributed by atoms with E-state index in [1.165, 1.54) is 23.4 Å². The third kappa shape index (κ3) is 4.08. The topological polar surface area (TPSA) is 97.6 Å². The molecule has 2 aromatic carbocycles. The highest BCUT2D eigenvalue weighted by Gasteiger charge is 2.40. The maximum Gasteiger partial charge on any atom is 0.269 e. The number of hydrogen-bond donors (Lipinski definition) is 0. The Balaban J connectivity index is 1.40. The zero-order valence-electron chi connectivity index (χ0n) is 18.8. The van der Waals surface area contributed by atoms with Crippen LogP contribution in [0.25, 0.3) is 5.69 Å². The second kappa shape index (κ2) is 9.40. The number of hydrogen-bond acceptors (Lipinski definition) is 8. The van der Waals surface area contributed by atoms with Gasteiger partial charge in [0.1, 0.15) is 4.90 Å². The molecule has 0 bridgehead atoms. The van der Waals surface area contributed by atoms with E-state index in [0.717, 1.165) is 35.5 Å². The molecule has 3 aromatic rings. The Labute approximate surface area is 202 Å². The lowest BCUT2D eigenvalue weighted by Gasteiger charge is -2.28. The van der Waals surface area contributed by atoms with Crippen LogP contribution >= 0.6 is 11.8 Å². The summed E-state index contributed by atoms with van der Waals surface area (Å²) in [5.41, 5.74) is 2.37. The number of ether oxygens (including phenoxy) is 1. The first-order chi connectivity index (χ1) is 16.5. The number of fused-ring (bicyclic) bond motifs is 1. The van der Waals surface area contributed by atoms with E-state index in [2.05, 4.69) is 34.2 Å². The summed E-state index contributed by atoms with van der Waals surface area (Å²) in [6.07, 6.45) is 0.904. The van der Waals surface area contributed by atoms with Crippen LogP contribution in [0.1, 0.15) is 22.8 Å². The van der Waals surface area contributed by atoms with E-state index >= 15 is 0 Å². The number of sulfonamides is 1. The summed E-state index contributed by atoms with van der Waals surface area (Å²) in [5.74, 6) is 0.604. The van der Waals surface area contributed by atoms with Gasteiger partial charge < -0.3 is 9.64 Å². The zero-order valence-corrected chi connectivity index (χ0v) is 20.4. The van der Waals surface area contributed by atoms with Gasteiger partial charge in [-0.15, -0.1) is 10.2 Å². The molecule has 0 aliphatic carbocycles. The number of rotatable bonds is 7. The minimum Gasteiger partial charge on any atom is -0.378 e. The molecule has 2 aliphatic rings. The Kier molecular flexibility index (Phi) is 6.32. The van der Waals surface area contributed by atoms with E-state index in [9.17, 15) is 13.2 Å². The molecule has 0 unspecified atom stereocenters. The fraction of sp³-hybridized carbons (Fsp3) is 0.348. The van der Waals surface area contributed by atoms with Crippen molar-refractivity contribution in [3.8, 4) is 5.69 Å². The normalized spacial score (nSPS) is 17.3. The SMILES string of the molecule is CCc1cccc(-n2c(SCCN3C(=O)c4ccccc4S3(=O)=O)nnc2N2CCOCC2)c1. The molecule has 1 aromatic heterocycles. The zero-order chi connectivity index (χ0) is 23.7. The smallest absolute Gasteiger partial charge is 0.269 e. The van der Waals surface area contributed by atoms with Crippen LogP contribution in [0.4, 0.5) is 5.95 Å². The van der Waals surface area contributed by atoms with Gasteiger partial charge in [-0.05, 0) is 36.2 Å². The highest BCUT2D eigenvalue weighted by molar-refractivity contribution is 7.99. The Morgan fingerprint density at radius 3 is 2.62 bits per heavy atom. The Morgan fingerprint density at radius 2 is 1.85 bits per heavy atom. The van der Waals surface area contributed by atoms with Crippen molar-refractivity contribution in [1.29, 1.82) is 0 Å². The molecule has 2 aliphatic heterocycles. The summed E-state index contributed by atoms with van der Waals surface area (Å²) in [6, 6.07) is 14.5. The standard InChI is InChI=1S/C23H25N5O4S2/c1-2-17-6-5-7-18(16-17)28-22(26-10-13-32-14-11-26)24-25-23(28)33-15-12-27-21(29)19-8-3-4-9-20(19)34(27,30)31/h3-9,16H,2,10-15H2,1H3. The van der Waals surface area contributed by atoms with Crippen LogP contribution in [0.2, 0.25) is 0 Å². The molecular weight excluding hydrogens is 474 g/mol. The van der Waals surface area contributed by atoms with Crippen LogP contribution in [0.15, 0.2) is 58.6 Å². The second-order valence-electron chi connectivity index (χ2n) is 7.97. The second-order valence-corrected chi connectivity index (χ2v) is 10.9. The molecule has 34 heavy (non-hydrogen) atoms. The van der Waals surface area contributed by atoms with Crippen LogP contribution < -0.4 is 4.90 Å². The summed E-state index contributed by atoms with van der Waals surface area (Å²) in [4.78, 5) is 14.9. The largest absolute Gasteiger partial charge is 0.378 e. The average molecular weight is 500 g/mol. The molecule has 9 nitrogen and oxygen atoms in total. The van der Waals surface area contributed by atoms with E-state index in [0.29, 0.717) is 24.1 Å². The van der Waals surface area contributed by atoms with Crippen molar-refractivity contribution in [2.75, 3.05) is 43.5 Å². The van der Waals surface area contributed by atoms with Gasteiger partial charge in [-0.2, -0.15) is 0 Å². The van der Waals surface area contributed by atoms with E-state index in [1.54, 1.807) is 18.2 Å². The van der Waals surface area contributed by atoms with Crippen LogP contribution in [-0.4, -0.2) is 72.0 Å². The van der Waals surface area contributed by atoms with Crippen molar-refractivity contribution >= 4 is 33.6 Å². The maximum absolute atomic E-state index is 12.9. The molecule has 11 heteroatoms. The van der Waals surface area contributed by atoms with Crippen LogP contribution in [-0.2, 0) is 21.2 Å². The Hall–Kier alpha value is -2.89. The van der Waals surface area contributed by atoms with E-state index in [4.69, 9.17) is 4.74 Å². The predicted molar refractivity (Wildman–Crippen MR) is 129 cm³/mol. The number of morpholine rings is 1. The first-order valence-electron chi connectivity index (χ1n) is 11.2. The lowest BCUT2D eigenvalue weighted by atomic mass is 10.1. The molecule has 0 spiro atoms. The number of anilines is 1. The van der Waals surface area contributed by atoms with Crippen LogP contribution in [0, 0.1) is 0 Å². The number of carbonyl (C=O) groups excluding carboxylic acids is 1. The molecule has 5 rings (SSSR count). The fourth-order valence-electron chi connectivity index (χ4n) is 4.14. The molecular formula is C23H25N5O4S2. The van der Waals surface area contributed by atoms with Crippen molar-refractivity contribution in [2.24, 2.45) is 0 Å². The molecule has 0 radical (unpaired) electrons. The third-order valence-electron chi connectivity index (χ3n) is 5.92. The van der Waals surface area contributed by atoms with Gasteiger partial charge >= 0.3 is 0 Å². The highest BCUT2D eigenvalue weighted by Crippen LogP contribution is 2.32. The van der Waals surface area contributed by atoms with Gasteiger partial charge in [0.05, 0.1) is 24.5 Å². The molecule has 1 amide bonds. The molecule has 0 saturated carbocycles. The minimum atomic E-state index is -3.83. The minimum absolute atomic E-state index is 0.0509. The first kappa shape index (κ1) is 22.9. The van der Waals surface area contributed by atoms with Gasteiger partial charge in [-0.3, -0.25) is 9.36 Å². The van der Waals surface area contributed by atoms with Gasteiger partial charge in [0.2, 0.25) is 5.95 Å². The first-order valence-corrected chi connectivity index (χ1v) is 13.6. The summed E-state index contributed by atoms with van der Waals surface area (Å²) in [6.45, 7) is 4.84. The summed E-state index contributed by atoms with van der Waals surface area (Å²) >= 11 is 1.38. The number of thioether (sulfide) groups is 1. The summed E-state index contributed by atoms with van der Waals surface area (Å²) < 4.78 is 34.1. The lowest BCUT2D eigenvalue weighted by molar-refractivity contribution is 0.0876. The van der Waals surface area contributed by atoms with Gasteiger partial charge in [0.25, 0.3) is 15.9 Å². The van der Waals surface area contributed by atoms with Gasteiger partial charge in [0.15, 0.2) is 5.16 Å². The van der Waals surface area contributed by atoms with Gasteiger partial charge in [-0.1, -0.05) is 43.0 Å². The molecule has 178 valence electrons. The number of amides is 1. The summed E-state index contributed by atoms with van der Waals surface area (Å²) in [7, 11) is -3.83. The molecule has 3 heterocycles. The number of benzene rings is 2. The van der Waals surface area contributed by atoms with Crippen molar-refractivity contribution in [3.05, 3.63) is 59.7 Å². The number of aryl methyl sites for hydroxylation is 1. The quantitative estimate of drug-likeness (QED) is 0.458. The number of aromatic nitrogens is 3. The Morgan fingerprint density at radius 1 is 1.06 bits per heavy atom. The highest BCUT2D eigenvalue weighted by atomic mass is 32.2.